The molecule has 0 aliphatic carbocycles. The fourth-order valence-corrected chi connectivity index (χ4v) is 3.49. The molecule has 0 atom stereocenters. The minimum atomic E-state index is -0.506. The Balaban J connectivity index is 0.00000187. The largest absolute Gasteiger partial charge is 0.495 e. The van der Waals surface area contributed by atoms with Crippen LogP contribution in [0, 0.1) is 11.8 Å². The minimum Gasteiger partial charge on any atom is -0.495 e. The zero-order chi connectivity index (χ0) is 24.6. The lowest BCUT2D eigenvalue weighted by Gasteiger charge is -2.24. The molecule has 1 aromatic heterocycles. The molecule has 0 unspecified atom stereocenters. The van der Waals surface area contributed by atoms with Crippen molar-refractivity contribution in [3.8, 4) is 23.3 Å². The van der Waals surface area contributed by atoms with Crippen molar-refractivity contribution in [1.82, 2.24) is 9.55 Å². The highest BCUT2D eigenvalue weighted by Crippen LogP contribution is 2.35. The lowest BCUT2D eigenvalue weighted by Crippen LogP contribution is -2.28. The molecule has 0 radical (unpaired) electrons. The molecule has 0 saturated carbocycles. The van der Waals surface area contributed by atoms with Gasteiger partial charge in [-0.1, -0.05) is 58.4 Å². The molecular weight excluding hydrogens is 434 g/mol. The van der Waals surface area contributed by atoms with Crippen LogP contribution in [0.5, 0.6) is 5.75 Å². The first-order valence-corrected chi connectivity index (χ1v) is 11.9. The normalized spacial score (nSPS) is 10.4. The van der Waals surface area contributed by atoms with E-state index in [1.54, 1.807) is 13.2 Å². The lowest BCUT2D eigenvalue weighted by molar-refractivity contribution is 0.396. The summed E-state index contributed by atoms with van der Waals surface area (Å²) in [5, 5.41) is 0. The standard InChI is InChI=1S/C24H25N3O3S.C2H6/c1-24(2,3)20-15-19(27-13-12-21(28)25-23(27)29)14-17(22(20)30-4)9-6-16-7-10-18(11-8-16)26-31-5;1-2/h7-8,10-15,26H,1-5H3,(H,25,28,29);1-2H3. The van der Waals surface area contributed by atoms with Crippen LogP contribution in [0.25, 0.3) is 5.69 Å². The summed E-state index contributed by atoms with van der Waals surface area (Å²) >= 11 is 1.53. The van der Waals surface area contributed by atoms with Crippen LogP contribution in [0.2, 0.25) is 0 Å². The molecule has 3 rings (SSSR count). The Morgan fingerprint density at radius 3 is 2.24 bits per heavy atom. The molecule has 0 aliphatic rings. The monoisotopic (exact) mass is 465 g/mol. The number of methoxy groups -OCH3 is 1. The molecule has 6 nitrogen and oxygen atoms in total. The first-order chi connectivity index (χ1) is 15.7. The van der Waals surface area contributed by atoms with Crippen molar-refractivity contribution >= 4 is 17.6 Å². The Kier molecular flexibility index (Phi) is 9.01. The average Bonchev–Trinajstić information content (AvgIpc) is 2.79. The van der Waals surface area contributed by atoms with E-state index in [1.807, 2.05) is 50.4 Å². The zero-order valence-electron chi connectivity index (χ0n) is 20.2. The van der Waals surface area contributed by atoms with E-state index in [0.29, 0.717) is 17.0 Å². The predicted octanol–water partition coefficient (Wildman–Crippen LogP) is 4.95. The van der Waals surface area contributed by atoms with Crippen LogP contribution < -0.4 is 20.7 Å². The van der Waals surface area contributed by atoms with Gasteiger partial charge in [0.15, 0.2) is 0 Å². The summed E-state index contributed by atoms with van der Waals surface area (Å²) in [7, 11) is 1.62. The van der Waals surface area contributed by atoms with Crippen LogP contribution in [0.1, 0.15) is 51.3 Å². The van der Waals surface area contributed by atoms with Gasteiger partial charge in [-0.05, 0) is 41.8 Å². The van der Waals surface area contributed by atoms with Crippen molar-refractivity contribution in [2.45, 2.75) is 40.0 Å². The van der Waals surface area contributed by atoms with E-state index in [-0.39, 0.29) is 5.41 Å². The van der Waals surface area contributed by atoms with E-state index in [0.717, 1.165) is 16.8 Å². The molecule has 0 fully saturated rings. The number of H-pyrrole nitrogens is 1. The molecule has 0 saturated heterocycles. The zero-order valence-corrected chi connectivity index (χ0v) is 21.0. The van der Waals surface area contributed by atoms with Gasteiger partial charge in [0, 0.05) is 35.3 Å². The molecule has 0 aliphatic heterocycles. The highest BCUT2D eigenvalue weighted by atomic mass is 32.2. The lowest BCUT2D eigenvalue weighted by atomic mass is 9.84. The number of aromatic nitrogens is 2. The number of ether oxygens (including phenoxy) is 1. The van der Waals surface area contributed by atoms with E-state index < -0.39 is 11.2 Å². The van der Waals surface area contributed by atoms with Crippen LogP contribution in [-0.2, 0) is 5.41 Å². The summed E-state index contributed by atoms with van der Waals surface area (Å²) in [6.07, 6.45) is 3.43. The Hall–Kier alpha value is -3.37. The molecule has 7 heteroatoms. The molecule has 3 aromatic rings. The maximum atomic E-state index is 12.4. The topological polar surface area (TPSA) is 76.1 Å². The van der Waals surface area contributed by atoms with Gasteiger partial charge >= 0.3 is 5.69 Å². The summed E-state index contributed by atoms with van der Waals surface area (Å²) in [6, 6.07) is 12.8. The van der Waals surface area contributed by atoms with Crippen molar-refractivity contribution in [2.24, 2.45) is 0 Å². The smallest absolute Gasteiger partial charge is 0.332 e. The predicted molar refractivity (Wildman–Crippen MR) is 139 cm³/mol. The van der Waals surface area contributed by atoms with Crippen molar-refractivity contribution in [2.75, 3.05) is 18.1 Å². The van der Waals surface area contributed by atoms with E-state index in [2.05, 4.69) is 42.3 Å². The first-order valence-electron chi connectivity index (χ1n) is 10.7. The summed E-state index contributed by atoms with van der Waals surface area (Å²) in [4.78, 5) is 26.1. The van der Waals surface area contributed by atoms with Gasteiger partial charge in [0.05, 0.1) is 18.4 Å². The van der Waals surface area contributed by atoms with E-state index >= 15 is 0 Å². The number of rotatable bonds is 4. The van der Waals surface area contributed by atoms with Crippen LogP contribution in [-0.4, -0.2) is 22.9 Å². The highest BCUT2D eigenvalue weighted by Gasteiger charge is 2.22. The van der Waals surface area contributed by atoms with Crippen LogP contribution in [0.15, 0.2) is 58.3 Å². The van der Waals surface area contributed by atoms with Crippen molar-refractivity contribution in [3.63, 3.8) is 0 Å². The molecule has 0 amide bonds. The van der Waals surface area contributed by atoms with E-state index in [9.17, 15) is 9.59 Å². The van der Waals surface area contributed by atoms with Gasteiger partial charge in [-0.25, -0.2) is 4.79 Å². The van der Waals surface area contributed by atoms with Crippen molar-refractivity contribution in [1.29, 1.82) is 0 Å². The van der Waals surface area contributed by atoms with Crippen LogP contribution in [0.4, 0.5) is 5.69 Å². The first kappa shape index (κ1) is 25.9. The van der Waals surface area contributed by atoms with Gasteiger partial charge in [-0.15, -0.1) is 0 Å². The quantitative estimate of drug-likeness (QED) is 0.421. The van der Waals surface area contributed by atoms with Gasteiger partial charge in [-0.2, -0.15) is 0 Å². The van der Waals surface area contributed by atoms with Crippen molar-refractivity contribution in [3.05, 3.63) is 86.2 Å². The maximum absolute atomic E-state index is 12.4. The van der Waals surface area contributed by atoms with Gasteiger partial charge in [0.1, 0.15) is 5.75 Å². The Morgan fingerprint density at radius 1 is 1.03 bits per heavy atom. The molecule has 0 spiro atoms. The minimum absolute atomic E-state index is 0.255. The second kappa shape index (κ2) is 11.5. The summed E-state index contributed by atoms with van der Waals surface area (Å²) in [6.45, 7) is 10.2. The second-order valence-corrected chi connectivity index (χ2v) is 8.55. The van der Waals surface area contributed by atoms with E-state index in [1.165, 1.54) is 28.8 Å². The third-order valence-electron chi connectivity index (χ3n) is 4.63. The second-order valence-electron chi connectivity index (χ2n) is 7.94. The number of anilines is 1. The number of nitrogens with one attached hydrogen (secondary N) is 2. The SMILES string of the molecule is CC.COc1c(C#Cc2ccc(NSC)cc2)cc(-n2ccc(=O)[nH]c2=O)cc1C(C)(C)C. The third kappa shape index (κ3) is 6.56. The molecule has 0 bridgehead atoms. The molecule has 1 heterocycles. The van der Waals surface area contributed by atoms with Gasteiger partial charge in [0.2, 0.25) is 0 Å². The maximum Gasteiger partial charge on any atom is 0.332 e. The summed E-state index contributed by atoms with van der Waals surface area (Å²) in [5.74, 6) is 7.04. The molecule has 174 valence electrons. The van der Waals surface area contributed by atoms with Crippen molar-refractivity contribution < 1.29 is 4.74 Å². The Bertz CT molecular complexity index is 1260. The molecular formula is C26H31N3O3S. The molecule has 2 N–H and O–H groups in total. The third-order valence-corrected chi connectivity index (χ3v) is 5.07. The van der Waals surface area contributed by atoms with Crippen LogP contribution >= 0.6 is 11.9 Å². The number of hydrogen-bond donors (Lipinski definition) is 2. The van der Waals surface area contributed by atoms with Gasteiger partial charge in [-0.3, -0.25) is 14.3 Å². The number of nitrogens with zero attached hydrogens (tertiary/aromatic N) is 1. The highest BCUT2D eigenvalue weighted by molar-refractivity contribution is 7.99. The Morgan fingerprint density at radius 2 is 1.70 bits per heavy atom. The number of benzene rings is 2. The average molecular weight is 466 g/mol. The van der Waals surface area contributed by atoms with Crippen LogP contribution in [0.3, 0.4) is 0 Å². The van der Waals surface area contributed by atoms with Gasteiger partial charge in [0.25, 0.3) is 5.56 Å². The fourth-order valence-electron chi connectivity index (χ4n) is 3.12. The molecule has 33 heavy (non-hydrogen) atoms. The van der Waals surface area contributed by atoms with E-state index in [4.69, 9.17) is 4.74 Å². The summed E-state index contributed by atoms with van der Waals surface area (Å²) < 4.78 is 10.3. The van der Waals surface area contributed by atoms with Gasteiger partial charge < -0.3 is 9.46 Å². The summed E-state index contributed by atoms with van der Waals surface area (Å²) in [5.41, 5.74) is 2.84. The molecule has 2 aromatic carbocycles. The number of aromatic amines is 1. The number of hydrogen-bond acceptors (Lipinski definition) is 5. The Labute approximate surface area is 199 Å². The fraction of sp³-hybridized carbons (Fsp3) is 0.308.